The first-order valence-electron chi connectivity index (χ1n) is 5.28. The third kappa shape index (κ3) is 5.65. The fourth-order valence-electron chi connectivity index (χ4n) is 1.14. The van der Waals surface area contributed by atoms with Crippen molar-refractivity contribution in [2.24, 2.45) is 16.6 Å². The van der Waals surface area contributed by atoms with Crippen LogP contribution in [-0.4, -0.2) is 16.9 Å². The maximum absolute atomic E-state index is 12.5. The number of benzene rings is 1. The van der Waals surface area contributed by atoms with Crippen LogP contribution < -0.4 is 5.73 Å². The highest BCUT2D eigenvalue weighted by molar-refractivity contribution is 5.87. The third-order valence-electron chi connectivity index (χ3n) is 2.08. The first-order chi connectivity index (χ1) is 7.99. The van der Waals surface area contributed by atoms with Gasteiger partial charge in [0, 0.05) is 12.8 Å². The van der Waals surface area contributed by atoms with Crippen LogP contribution in [0, 0.1) is 11.7 Å². The Balaban J connectivity index is 0.000000317. The molecule has 0 bridgehead atoms. The standard InChI is InChI=1S/C10H11FN2.C2H4O2/c11-8-3-5-9(6-4-8)13-10(12)7-1-2-7;1-2(3)4/h3-7H,1-2H2,(H2,12,13);1H3,(H,3,4). The molecule has 0 amide bonds. The molecule has 3 N–H and O–H groups in total. The van der Waals surface area contributed by atoms with Crippen molar-refractivity contribution in [2.75, 3.05) is 0 Å². The lowest BCUT2D eigenvalue weighted by molar-refractivity contribution is -0.134. The van der Waals surface area contributed by atoms with Crippen molar-refractivity contribution < 1.29 is 14.3 Å². The fourth-order valence-corrected chi connectivity index (χ4v) is 1.14. The molecule has 0 aromatic heterocycles. The Hall–Kier alpha value is -1.91. The Morgan fingerprint density at radius 1 is 1.41 bits per heavy atom. The van der Waals surface area contributed by atoms with Crippen LogP contribution in [0.15, 0.2) is 29.3 Å². The molecule has 1 aromatic rings. The topological polar surface area (TPSA) is 75.7 Å². The summed E-state index contributed by atoms with van der Waals surface area (Å²) in [6, 6.07) is 6.03. The summed E-state index contributed by atoms with van der Waals surface area (Å²) in [5, 5.41) is 7.42. The average molecular weight is 238 g/mol. The van der Waals surface area contributed by atoms with Crippen LogP contribution in [0.5, 0.6) is 0 Å². The molecule has 4 nitrogen and oxygen atoms in total. The van der Waals surface area contributed by atoms with E-state index in [-0.39, 0.29) is 5.82 Å². The second-order valence-electron chi connectivity index (χ2n) is 3.81. The van der Waals surface area contributed by atoms with Crippen LogP contribution in [-0.2, 0) is 4.79 Å². The van der Waals surface area contributed by atoms with Gasteiger partial charge in [0.05, 0.1) is 5.69 Å². The van der Waals surface area contributed by atoms with E-state index in [1.165, 1.54) is 12.1 Å². The quantitative estimate of drug-likeness (QED) is 0.613. The van der Waals surface area contributed by atoms with Crippen molar-refractivity contribution in [3.05, 3.63) is 30.1 Å². The number of hydrogen-bond donors (Lipinski definition) is 2. The zero-order valence-electron chi connectivity index (χ0n) is 9.56. The van der Waals surface area contributed by atoms with Gasteiger partial charge in [-0.05, 0) is 37.1 Å². The lowest BCUT2D eigenvalue weighted by atomic mass is 10.3. The predicted octanol–water partition coefficient (Wildman–Crippen LogP) is 2.32. The molecule has 17 heavy (non-hydrogen) atoms. The van der Waals surface area contributed by atoms with E-state index in [4.69, 9.17) is 15.6 Å². The number of amidine groups is 1. The van der Waals surface area contributed by atoms with E-state index in [9.17, 15) is 4.39 Å². The van der Waals surface area contributed by atoms with Crippen LogP contribution in [0.4, 0.5) is 10.1 Å². The van der Waals surface area contributed by atoms with Crippen molar-refractivity contribution in [3.63, 3.8) is 0 Å². The Morgan fingerprint density at radius 3 is 2.29 bits per heavy atom. The van der Waals surface area contributed by atoms with Crippen molar-refractivity contribution in [1.29, 1.82) is 0 Å². The van der Waals surface area contributed by atoms with Crippen LogP contribution >= 0.6 is 0 Å². The molecule has 1 fully saturated rings. The monoisotopic (exact) mass is 238 g/mol. The van der Waals surface area contributed by atoms with Crippen LogP contribution in [0.3, 0.4) is 0 Å². The molecule has 1 aromatic carbocycles. The fraction of sp³-hybridized carbons (Fsp3) is 0.333. The molecule has 5 heteroatoms. The van der Waals surface area contributed by atoms with Gasteiger partial charge in [-0.25, -0.2) is 9.38 Å². The van der Waals surface area contributed by atoms with Gasteiger partial charge in [-0.15, -0.1) is 0 Å². The number of rotatable bonds is 2. The smallest absolute Gasteiger partial charge is 0.300 e. The number of carboxylic acid groups (broad SMARTS) is 1. The van der Waals surface area contributed by atoms with Gasteiger partial charge in [0.25, 0.3) is 5.97 Å². The summed E-state index contributed by atoms with van der Waals surface area (Å²) < 4.78 is 12.5. The number of carbonyl (C=O) groups is 1. The Morgan fingerprint density at radius 2 is 1.88 bits per heavy atom. The summed E-state index contributed by atoms with van der Waals surface area (Å²) in [5.74, 6) is 0.0561. The first kappa shape index (κ1) is 13.2. The van der Waals surface area contributed by atoms with Gasteiger partial charge in [0.2, 0.25) is 0 Å². The minimum atomic E-state index is -0.833. The molecule has 1 aliphatic rings. The van der Waals surface area contributed by atoms with Crippen molar-refractivity contribution in [2.45, 2.75) is 19.8 Å². The van der Waals surface area contributed by atoms with Gasteiger partial charge in [-0.3, -0.25) is 4.79 Å². The maximum Gasteiger partial charge on any atom is 0.300 e. The van der Waals surface area contributed by atoms with E-state index >= 15 is 0 Å². The molecule has 92 valence electrons. The number of nitrogens with two attached hydrogens (primary N) is 1. The summed E-state index contributed by atoms with van der Waals surface area (Å²) in [6.45, 7) is 1.08. The molecule has 0 spiro atoms. The molecular weight excluding hydrogens is 223 g/mol. The third-order valence-corrected chi connectivity index (χ3v) is 2.08. The van der Waals surface area contributed by atoms with E-state index in [1.54, 1.807) is 12.1 Å². The molecule has 0 atom stereocenters. The summed E-state index contributed by atoms with van der Waals surface area (Å²) in [5.41, 5.74) is 6.43. The van der Waals surface area contributed by atoms with E-state index < -0.39 is 5.97 Å². The van der Waals surface area contributed by atoms with Crippen LogP contribution in [0.1, 0.15) is 19.8 Å². The van der Waals surface area contributed by atoms with E-state index in [0.29, 0.717) is 11.8 Å². The van der Waals surface area contributed by atoms with Crippen LogP contribution in [0.2, 0.25) is 0 Å². The number of carboxylic acids is 1. The lowest BCUT2D eigenvalue weighted by Crippen LogP contribution is -2.12. The SMILES string of the molecule is CC(=O)O.NC(=Nc1ccc(F)cc1)C1CC1. The molecular formula is C12H15FN2O2. The summed E-state index contributed by atoms with van der Waals surface area (Å²) in [6.07, 6.45) is 2.27. The first-order valence-corrected chi connectivity index (χ1v) is 5.28. The second kappa shape index (κ2) is 5.98. The highest BCUT2D eigenvalue weighted by Gasteiger charge is 2.25. The number of aliphatic imine (C=N–C) groups is 1. The van der Waals surface area contributed by atoms with Crippen LogP contribution in [0.25, 0.3) is 0 Å². The van der Waals surface area contributed by atoms with Crippen molar-refractivity contribution >= 4 is 17.5 Å². The molecule has 1 aliphatic carbocycles. The number of nitrogens with zero attached hydrogens (tertiary/aromatic N) is 1. The molecule has 0 radical (unpaired) electrons. The summed E-state index contributed by atoms with van der Waals surface area (Å²) in [4.78, 5) is 13.2. The number of halogens is 1. The largest absolute Gasteiger partial charge is 0.481 e. The molecule has 0 aliphatic heterocycles. The average Bonchev–Trinajstić information content (AvgIpc) is 3.04. The molecule has 0 saturated heterocycles. The van der Waals surface area contributed by atoms with E-state index in [2.05, 4.69) is 4.99 Å². The highest BCUT2D eigenvalue weighted by atomic mass is 19.1. The minimum absolute atomic E-state index is 0.246. The summed E-state index contributed by atoms with van der Waals surface area (Å²) >= 11 is 0. The lowest BCUT2D eigenvalue weighted by Gasteiger charge is -1.97. The minimum Gasteiger partial charge on any atom is -0.481 e. The molecule has 2 rings (SSSR count). The normalized spacial score (nSPS) is 14.8. The Kier molecular flexibility index (Phi) is 4.63. The number of aliphatic carboxylic acids is 1. The van der Waals surface area contributed by atoms with Gasteiger partial charge >= 0.3 is 0 Å². The van der Waals surface area contributed by atoms with Crippen molar-refractivity contribution in [3.8, 4) is 0 Å². The molecule has 0 heterocycles. The Labute approximate surface area is 99.0 Å². The zero-order chi connectivity index (χ0) is 12.8. The van der Waals surface area contributed by atoms with Gasteiger partial charge in [0.1, 0.15) is 11.7 Å². The van der Waals surface area contributed by atoms with Gasteiger partial charge < -0.3 is 10.8 Å². The molecule has 0 unspecified atom stereocenters. The van der Waals surface area contributed by atoms with Crippen molar-refractivity contribution in [1.82, 2.24) is 0 Å². The molecule has 1 saturated carbocycles. The Bertz CT molecular complexity index is 407. The van der Waals surface area contributed by atoms with Gasteiger partial charge in [-0.2, -0.15) is 0 Å². The maximum atomic E-state index is 12.5. The number of hydrogen-bond acceptors (Lipinski definition) is 2. The zero-order valence-corrected chi connectivity index (χ0v) is 9.56. The summed E-state index contributed by atoms with van der Waals surface area (Å²) in [7, 11) is 0. The highest BCUT2D eigenvalue weighted by Crippen LogP contribution is 2.30. The van der Waals surface area contributed by atoms with E-state index in [0.717, 1.165) is 25.5 Å². The van der Waals surface area contributed by atoms with Gasteiger partial charge in [0.15, 0.2) is 0 Å². The van der Waals surface area contributed by atoms with Gasteiger partial charge in [-0.1, -0.05) is 0 Å². The predicted molar refractivity (Wildman–Crippen MR) is 63.7 cm³/mol. The second-order valence-corrected chi connectivity index (χ2v) is 3.81. The van der Waals surface area contributed by atoms with E-state index in [1.807, 2.05) is 0 Å².